The Morgan fingerprint density at radius 2 is 1.49 bits per heavy atom. The van der Waals surface area contributed by atoms with E-state index in [1.807, 2.05) is 54.6 Å². The molecule has 0 aliphatic carbocycles. The molecule has 1 aliphatic rings. The summed E-state index contributed by atoms with van der Waals surface area (Å²) in [6, 6.07) is 28.5. The molecule has 0 saturated carbocycles. The Hall–Kier alpha value is -3.68. The van der Waals surface area contributed by atoms with E-state index in [1.54, 1.807) is 30.5 Å². The Kier molecular flexibility index (Phi) is 6.53. The van der Waals surface area contributed by atoms with Gasteiger partial charge in [-0.1, -0.05) is 42.5 Å². The van der Waals surface area contributed by atoms with Crippen LogP contribution in [0.2, 0.25) is 0 Å². The maximum atomic E-state index is 11.6. The van der Waals surface area contributed by atoms with Gasteiger partial charge in [0.05, 0.1) is 16.8 Å². The molecular formula is C28H26N2O4S. The van der Waals surface area contributed by atoms with Crippen LogP contribution in [0.25, 0.3) is 11.3 Å². The number of hydrogen-bond acceptors (Lipinski definition) is 6. The summed E-state index contributed by atoms with van der Waals surface area (Å²) in [5.41, 5.74) is 2.86. The number of ether oxygens (including phenoxy) is 2. The lowest BCUT2D eigenvalue weighted by atomic mass is 10.1. The molecule has 7 heteroatoms. The average Bonchev–Trinajstić information content (AvgIpc) is 2.84. The van der Waals surface area contributed by atoms with Crippen molar-refractivity contribution >= 4 is 9.84 Å². The fraction of sp³-hybridized carbons (Fsp3) is 0.179. The lowest BCUT2D eigenvalue weighted by Crippen LogP contribution is -2.53. The molecule has 2 heterocycles. The van der Waals surface area contributed by atoms with Crippen molar-refractivity contribution in [3.05, 3.63) is 103 Å². The highest BCUT2D eigenvalue weighted by molar-refractivity contribution is 7.90. The summed E-state index contributed by atoms with van der Waals surface area (Å²) in [5.74, 6) is 2.39. The highest BCUT2D eigenvalue weighted by Crippen LogP contribution is 2.25. The van der Waals surface area contributed by atoms with Gasteiger partial charge in [-0.25, -0.2) is 8.42 Å². The summed E-state index contributed by atoms with van der Waals surface area (Å²) in [6.45, 7) is 2.58. The summed E-state index contributed by atoms with van der Waals surface area (Å²) in [6.07, 6.45) is 3.05. The van der Waals surface area contributed by atoms with Crippen LogP contribution >= 0.6 is 0 Å². The van der Waals surface area contributed by atoms with Crippen LogP contribution < -0.4 is 9.47 Å². The Morgan fingerprint density at radius 1 is 0.829 bits per heavy atom. The van der Waals surface area contributed by atoms with E-state index in [4.69, 9.17) is 9.47 Å². The minimum Gasteiger partial charge on any atom is -0.486 e. The zero-order valence-electron chi connectivity index (χ0n) is 19.4. The van der Waals surface area contributed by atoms with E-state index in [9.17, 15) is 8.42 Å². The van der Waals surface area contributed by atoms with E-state index >= 15 is 0 Å². The van der Waals surface area contributed by atoms with E-state index in [2.05, 4.69) is 22.0 Å². The summed E-state index contributed by atoms with van der Waals surface area (Å²) < 4.78 is 35.2. The molecule has 0 spiro atoms. The maximum Gasteiger partial charge on any atom is 0.175 e. The number of sulfone groups is 1. The molecule has 5 rings (SSSR count). The molecule has 1 saturated heterocycles. The number of nitrogens with zero attached hydrogens (tertiary/aromatic N) is 2. The van der Waals surface area contributed by atoms with Crippen LogP contribution in [-0.4, -0.2) is 43.8 Å². The van der Waals surface area contributed by atoms with Gasteiger partial charge in [-0.3, -0.25) is 9.88 Å². The fourth-order valence-electron chi connectivity index (χ4n) is 3.96. The molecule has 4 aromatic rings. The van der Waals surface area contributed by atoms with Gasteiger partial charge in [0.25, 0.3) is 0 Å². The van der Waals surface area contributed by atoms with Crippen LogP contribution in [0.3, 0.4) is 0 Å². The summed E-state index contributed by atoms with van der Waals surface area (Å²) >= 11 is 0. The molecule has 0 atom stereocenters. The quantitative estimate of drug-likeness (QED) is 0.341. The summed E-state index contributed by atoms with van der Waals surface area (Å²) in [4.78, 5) is 7.11. The largest absolute Gasteiger partial charge is 0.486 e. The van der Waals surface area contributed by atoms with E-state index in [1.165, 1.54) is 11.8 Å². The van der Waals surface area contributed by atoms with Gasteiger partial charge in [0.1, 0.15) is 23.4 Å². The molecule has 0 N–H and O–H groups in total. The molecule has 3 aromatic carbocycles. The van der Waals surface area contributed by atoms with Gasteiger partial charge in [0.2, 0.25) is 0 Å². The summed E-state index contributed by atoms with van der Waals surface area (Å²) in [7, 11) is -3.21. The molecule has 0 unspecified atom stereocenters. The Bertz CT molecular complexity index is 1370. The minimum absolute atomic E-state index is 0.136. The number of aromatic nitrogens is 1. The predicted molar refractivity (Wildman–Crippen MR) is 135 cm³/mol. The van der Waals surface area contributed by atoms with Crippen molar-refractivity contribution in [1.29, 1.82) is 0 Å². The highest BCUT2D eigenvalue weighted by Gasteiger charge is 2.28. The second kappa shape index (κ2) is 9.90. The monoisotopic (exact) mass is 486 g/mol. The molecule has 1 fully saturated rings. The summed E-state index contributed by atoms with van der Waals surface area (Å²) in [5, 5.41) is 0. The number of hydrogen-bond donors (Lipinski definition) is 0. The number of benzene rings is 3. The molecule has 1 aromatic heterocycles. The molecule has 35 heavy (non-hydrogen) atoms. The van der Waals surface area contributed by atoms with Crippen LogP contribution in [0.5, 0.6) is 17.2 Å². The van der Waals surface area contributed by atoms with Crippen LogP contribution in [0.4, 0.5) is 0 Å². The second-order valence-corrected chi connectivity index (χ2v) is 10.7. The maximum absolute atomic E-state index is 11.6. The lowest BCUT2D eigenvalue weighted by Gasteiger charge is -2.39. The van der Waals surface area contributed by atoms with Crippen molar-refractivity contribution in [1.82, 2.24) is 9.88 Å². The van der Waals surface area contributed by atoms with E-state index in [0.717, 1.165) is 48.1 Å². The van der Waals surface area contributed by atoms with Gasteiger partial charge in [0.15, 0.2) is 9.84 Å². The van der Waals surface area contributed by atoms with Crippen molar-refractivity contribution in [2.24, 2.45) is 0 Å². The van der Waals surface area contributed by atoms with Gasteiger partial charge < -0.3 is 9.47 Å². The van der Waals surface area contributed by atoms with Gasteiger partial charge in [-0.05, 0) is 54.1 Å². The third-order valence-corrected chi connectivity index (χ3v) is 6.98. The normalized spacial score (nSPS) is 14.3. The first-order valence-electron chi connectivity index (χ1n) is 11.4. The van der Waals surface area contributed by atoms with Crippen molar-refractivity contribution in [2.75, 3.05) is 19.3 Å². The topological polar surface area (TPSA) is 68.7 Å². The van der Waals surface area contributed by atoms with Crippen LogP contribution in [0.15, 0.2) is 102 Å². The number of para-hydroxylation sites is 1. The van der Waals surface area contributed by atoms with Gasteiger partial charge in [-0.15, -0.1) is 0 Å². The molecule has 0 amide bonds. The van der Waals surface area contributed by atoms with Crippen molar-refractivity contribution in [2.45, 2.75) is 17.5 Å². The van der Waals surface area contributed by atoms with Gasteiger partial charge in [-0.2, -0.15) is 0 Å². The Morgan fingerprint density at radius 3 is 2.11 bits per heavy atom. The Labute approximate surface area is 205 Å². The van der Waals surface area contributed by atoms with Crippen LogP contribution in [0.1, 0.15) is 5.56 Å². The molecule has 6 nitrogen and oxygen atoms in total. The van der Waals surface area contributed by atoms with E-state index < -0.39 is 9.84 Å². The third-order valence-electron chi connectivity index (χ3n) is 5.85. The van der Waals surface area contributed by atoms with Crippen molar-refractivity contribution < 1.29 is 17.9 Å². The average molecular weight is 487 g/mol. The lowest BCUT2D eigenvalue weighted by molar-refractivity contribution is 0.0144. The van der Waals surface area contributed by atoms with Crippen molar-refractivity contribution in [3.63, 3.8) is 0 Å². The van der Waals surface area contributed by atoms with Crippen LogP contribution in [-0.2, 0) is 16.4 Å². The van der Waals surface area contributed by atoms with Gasteiger partial charge >= 0.3 is 0 Å². The fourth-order valence-corrected chi connectivity index (χ4v) is 4.59. The van der Waals surface area contributed by atoms with E-state index in [-0.39, 0.29) is 6.10 Å². The van der Waals surface area contributed by atoms with E-state index in [0.29, 0.717) is 4.90 Å². The second-order valence-electron chi connectivity index (χ2n) is 8.67. The zero-order chi connectivity index (χ0) is 24.3. The minimum atomic E-state index is -3.21. The molecule has 178 valence electrons. The first-order chi connectivity index (χ1) is 16.9. The zero-order valence-corrected chi connectivity index (χ0v) is 20.2. The molecular weight excluding hydrogens is 460 g/mol. The predicted octanol–water partition coefficient (Wildman–Crippen LogP) is 5.21. The number of likely N-dealkylation sites (tertiary alicyclic amines) is 1. The Balaban J connectivity index is 1.09. The van der Waals surface area contributed by atoms with Crippen LogP contribution in [0, 0.1) is 0 Å². The third kappa shape index (κ3) is 5.88. The molecule has 0 radical (unpaired) electrons. The number of pyridine rings is 1. The molecule has 1 aliphatic heterocycles. The highest BCUT2D eigenvalue weighted by atomic mass is 32.2. The smallest absolute Gasteiger partial charge is 0.175 e. The first-order valence-corrected chi connectivity index (χ1v) is 13.3. The SMILES string of the molecule is CS(=O)(=O)c1ccc(-c2ccc(OC3CN(Cc4ccc(Oc5ccccc5)cc4)C3)cn2)cc1. The van der Waals surface area contributed by atoms with Gasteiger partial charge in [0, 0.05) is 31.5 Å². The standard InChI is InChI=1S/C28H26N2O4S/c1-35(31,32)27-14-9-22(10-15-27)28-16-13-25(17-29-28)34-26-19-30(20-26)18-21-7-11-24(12-8-21)33-23-5-3-2-4-6-23/h2-17,26H,18-20H2,1H3. The molecule has 0 bridgehead atoms. The first kappa shape index (κ1) is 23.1. The number of rotatable bonds is 8. The van der Waals surface area contributed by atoms with Crippen molar-refractivity contribution in [3.8, 4) is 28.5 Å².